The van der Waals surface area contributed by atoms with Crippen molar-refractivity contribution in [2.75, 3.05) is 11.9 Å². The van der Waals surface area contributed by atoms with Crippen LogP contribution in [-0.2, 0) is 11.3 Å². The quantitative estimate of drug-likeness (QED) is 0.608. The van der Waals surface area contributed by atoms with Crippen LogP contribution in [0.4, 0.5) is 18.9 Å². The molecule has 9 heteroatoms. The first kappa shape index (κ1) is 20.7. The van der Waals surface area contributed by atoms with Crippen molar-refractivity contribution >= 4 is 40.1 Å². The van der Waals surface area contributed by atoms with Gasteiger partial charge in [0.2, 0.25) is 0 Å². The standard InChI is InChI=1S/C20H16ClF3N2O3/c1-2-26(19(28)20(22,23)24)11-12-4-3-5-15(8-12)25-18(27)17-10-13-9-14(21)6-7-16(13)29-17/h3-10H,2,11H2,1H3,(H,25,27). The molecule has 1 heterocycles. The Morgan fingerprint density at radius 1 is 1.14 bits per heavy atom. The van der Waals surface area contributed by atoms with E-state index < -0.39 is 18.0 Å². The number of fused-ring (bicyclic) bond motifs is 1. The summed E-state index contributed by atoms with van der Waals surface area (Å²) in [5.74, 6) is -2.36. The van der Waals surface area contributed by atoms with Gasteiger partial charge in [-0.05, 0) is 48.9 Å². The molecule has 2 aromatic carbocycles. The predicted octanol–water partition coefficient (Wildman–Crippen LogP) is 5.25. The Balaban J connectivity index is 1.74. The highest BCUT2D eigenvalue weighted by atomic mass is 35.5. The monoisotopic (exact) mass is 424 g/mol. The Hall–Kier alpha value is -3.00. The predicted molar refractivity (Wildman–Crippen MR) is 103 cm³/mol. The second-order valence-electron chi connectivity index (χ2n) is 6.26. The molecule has 1 N–H and O–H groups in total. The lowest BCUT2D eigenvalue weighted by molar-refractivity contribution is -0.185. The van der Waals surface area contributed by atoms with Crippen LogP contribution in [0.2, 0.25) is 5.02 Å². The van der Waals surface area contributed by atoms with E-state index in [0.717, 1.165) is 0 Å². The van der Waals surface area contributed by atoms with Crippen LogP contribution in [0, 0.1) is 0 Å². The fourth-order valence-electron chi connectivity index (χ4n) is 2.79. The van der Waals surface area contributed by atoms with Gasteiger partial charge in [-0.15, -0.1) is 0 Å². The van der Waals surface area contributed by atoms with Crippen LogP contribution in [0.15, 0.2) is 52.9 Å². The molecule has 0 aliphatic carbocycles. The maximum absolute atomic E-state index is 12.7. The molecule has 0 aliphatic heterocycles. The van der Waals surface area contributed by atoms with E-state index in [2.05, 4.69) is 5.32 Å². The van der Waals surface area contributed by atoms with Crippen molar-refractivity contribution in [3.8, 4) is 0 Å². The molecule has 5 nitrogen and oxygen atoms in total. The molecule has 0 fully saturated rings. The maximum atomic E-state index is 12.7. The first-order chi connectivity index (χ1) is 13.7. The molecule has 1 aromatic heterocycles. The van der Waals surface area contributed by atoms with Crippen molar-refractivity contribution in [3.63, 3.8) is 0 Å². The van der Waals surface area contributed by atoms with Gasteiger partial charge in [0, 0.05) is 29.2 Å². The number of amides is 2. The number of benzene rings is 2. The number of halogens is 4. The van der Waals surface area contributed by atoms with E-state index >= 15 is 0 Å². The summed E-state index contributed by atoms with van der Waals surface area (Å²) in [4.78, 5) is 24.6. The summed E-state index contributed by atoms with van der Waals surface area (Å²) in [6.07, 6.45) is -4.94. The minimum absolute atomic E-state index is 0.0649. The first-order valence-corrected chi connectivity index (χ1v) is 9.00. The van der Waals surface area contributed by atoms with Crippen LogP contribution in [0.3, 0.4) is 0 Å². The van der Waals surface area contributed by atoms with Crippen LogP contribution in [-0.4, -0.2) is 29.4 Å². The molecule has 0 saturated heterocycles. The van der Waals surface area contributed by atoms with Crippen molar-refractivity contribution in [2.45, 2.75) is 19.6 Å². The molecule has 3 rings (SSSR count). The lowest BCUT2D eigenvalue weighted by Crippen LogP contribution is -2.40. The molecule has 2 amide bonds. The van der Waals surface area contributed by atoms with Gasteiger partial charge < -0.3 is 14.6 Å². The van der Waals surface area contributed by atoms with E-state index in [1.54, 1.807) is 42.5 Å². The minimum Gasteiger partial charge on any atom is -0.451 e. The summed E-state index contributed by atoms with van der Waals surface area (Å²) in [6, 6.07) is 12.7. The fourth-order valence-corrected chi connectivity index (χ4v) is 2.97. The Kier molecular flexibility index (Phi) is 5.83. The second-order valence-corrected chi connectivity index (χ2v) is 6.70. The number of furan rings is 1. The number of nitrogens with zero attached hydrogens (tertiary/aromatic N) is 1. The summed E-state index contributed by atoms with van der Waals surface area (Å²) in [6.45, 7) is 1.13. The zero-order chi connectivity index (χ0) is 21.2. The van der Waals surface area contributed by atoms with E-state index in [1.807, 2.05) is 0 Å². The van der Waals surface area contributed by atoms with Crippen LogP contribution < -0.4 is 5.32 Å². The number of alkyl halides is 3. The highest BCUT2D eigenvalue weighted by molar-refractivity contribution is 6.31. The van der Waals surface area contributed by atoms with E-state index in [0.29, 0.717) is 32.1 Å². The molecule has 0 saturated carbocycles. The van der Waals surface area contributed by atoms with E-state index in [-0.39, 0.29) is 18.8 Å². The lowest BCUT2D eigenvalue weighted by atomic mass is 10.1. The van der Waals surface area contributed by atoms with Crippen LogP contribution in [0.25, 0.3) is 11.0 Å². The zero-order valence-corrected chi connectivity index (χ0v) is 16.0. The normalized spacial score (nSPS) is 11.5. The van der Waals surface area contributed by atoms with Crippen molar-refractivity contribution < 1.29 is 27.2 Å². The average Bonchev–Trinajstić information content (AvgIpc) is 3.08. The number of anilines is 1. The van der Waals surface area contributed by atoms with Gasteiger partial charge in [0.1, 0.15) is 5.58 Å². The Bertz CT molecular complexity index is 1060. The Morgan fingerprint density at radius 3 is 2.59 bits per heavy atom. The van der Waals surface area contributed by atoms with Gasteiger partial charge in [0.05, 0.1) is 0 Å². The van der Waals surface area contributed by atoms with Gasteiger partial charge in [0.15, 0.2) is 5.76 Å². The number of nitrogens with one attached hydrogen (secondary N) is 1. The van der Waals surface area contributed by atoms with Crippen LogP contribution >= 0.6 is 11.6 Å². The maximum Gasteiger partial charge on any atom is 0.471 e. The number of carbonyl (C=O) groups excluding carboxylic acids is 2. The number of carbonyl (C=O) groups is 2. The first-order valence-electron chi connectivity index (χ1n) is 8.63. The number of hydrogen-bond donors (Lipinski definition) is 1. The van der Waals surface area contributed by atoms with E-state index in [1.165, 1.54) is 13.0 Å². The number of rotatable bonds is 5. The van der Waals surface area contributed by atoms with Gasteiger partial charge in [-0.1, -0.05) is 23.7 Å². The van der Waals surface area contributed by atoms with Crippen LogP contribution in [0.1, 0.15) is 23.0 Å². The third-order valence-corrected chi connectivity index (χ3v) is 4.41. The highest BCUT2D eigenvalue weighted by Crippen LogP contribution is 2.24. The molecular weight excluding hydrogens is 409 g/mol. The SMILES string of the molecule is CCN(Cc1cccc(NC(=O)c2cc3cc(Cl)ccc3o2)c1)C(=O)C(F)(F)F. The van der Waals surface area contributed by atoms with Crippen molar-refractivity contribution in [2.24, 2.45) is 0 Å². The summed E-state index contributed by atoms with van der Waals surface area (Å²) < 4.78 is 43.5. The van der Waals surface area contributed by atoms with Crippen molar-refractivity contribution in [3.05, 3.63) is 64.9 Å². The van der Waals surface area contributed by atoms with Gasteiger partial charge in [-0.2, -0.15) is 13.2 Å². The molecule has 0 radical (unpaired) electrons. The largest absolute Gasteiger partial charge is 0.471 e. The third-order valence-electron chi connectivity index (χ3n) is 4.17. The summed E-state index contributed by atoms with van der Waals surface area (Å²) in [7, 11) is 0. The van der Waals surface area contributed by atoms with E-state index in [4.69, 9.17) is 16.0 Å². The lowest BCUT2D eigenvalue weighted by Gasteiger charge is -2.22. The summed E-state index contributed by atoms with van der Waals surface area (Å²) >= 11 is 5.92. The van der Waals surface area contributed by atoms with Gasteiger partial charge in [0.25, 0.3) is 5.91 Å². The molecule has 0 spiro atoms. The van der Waals surface area contributed by atoms with Crippen LogP contribution in [0.5, 0.6) is 0 Å². The Morgan fingerprint density at radius 2 is 1.90 bits per heavy atom. The molecule has 152 valence electrons. The fraction of sp³-hybridized carbons (Fsp3) is 0.200. The van der Waals surface area contributed by atoms with Gasteiger partial charge >= 0.3 is 12.1 Å². The molecule has 0 atom stereocenters. The third kappa shape index (κ3) is 4.89. The van der Waals surface area contributed by atoms with E-state index in [9.17, 15) is 22.8 Å². The minimum atomic E-state index is -4.94. The molecule has 29 heavy (non-hydrogen) atoms. The molecule has 0 unspecified atom stereocenters. The molecule has 3 aromatic rings. The summed E-state index contributed by atoms with van der Waals surface area (Å²) in [5, 5.41) is 3.81. The van der Waals surface area contributed by atoms with Gasteiger partial charge in [-0.3, -0.25) is 9.59 Å². The smallest absolute Gasteiger partial charge is 0.451 e. The average molecular weight is 425 g/mol. The van der Waals surface area contributed by atoms with Gasteiger partial charge in [-0.25, -0.2) is 0 Å². The molecule has 0 aliphatic rings. The molecule has 0 bridgehead atoms. The highest BCUT2D eigenvalue weighted by Gasteiger charge is 2.41. The zero-order valence-electron chi connectivity index (χ0n) is 15.2. The Labute approximate surface area is 169 Å². The number of hydrogen-bond acceptors (Lipinski definition) is 3. The second kappa shape index (κ2) is 8.16. The van der Waals surface area contributed by atoms with Crippen molar-refractivity contribution in [1.29, 1.82) is 0 Å². The molecular formula is C20H16ClF3N2O3. The summed E-state index contributed by atoms with van der Waals surface area (Å²) in [5.41, 5.74) is 1.30. The topological polar surface area (TPSA) is 62.6 Å². The van der Waals surface area contributed by atoms with Crippen molar-refractivity contribution in [1.82, 2.24) is 4.90 Å².